The van der Waals surface area contributed by atoms with Gasteiger partial charge in [0.1, 0.15) is 10.3 Å². The van der Waals surface area contributed by atoms with Crippen LogP contribution in [0.3, 0.4) is 0 Å². The third-order valence-corrected chi connectivity index (χ3v) is 4.39. The van der Waals surface area contributed by atoms with Crippen molar-refractivity contribution in [3.63, 3.8) is 0 Å². The van der Waals surface area contributed by atoms with E-state index in [0.717, 1.165) is 38.2 Å². The molecule has 2 rings (SSSR count). The van der Waals surface area contributed by atoms with Crippen LogP contribution in [-0.4, -0.2) is 36.1 Å². The summed E-state index contributed by atoms with van der Waals surface area (Å²) in [6.45, 7) is 6.45. The van der Waals surface area contributed by atoms with Crippen molar-refractivity contribution in [1.82, 2.24) is 15.2 Å². The molecule has 2 heterocycles. The van der Waals surface area contributed by atoms with E-state index >= 15 is 0 Å². The number of halogens is 2. The Morgan fingerprint density at radius 2 is 2.00 bits per heavy atom. The Kier molecular flexibility index (Phi) is 6.56. The Bertz CT molecular complexity index is 420. The molecule has 0 saturated carbocycles. The van der Waals surface area contributed by atoms with E-state index < -0.39 is 0 Å². The van der Waals surface area contributed by atoms with E-state index in [-0.39, 0.29) is 0 Å². The van der Waals surface area contributed by atoms with Gasteiger partial charge in [-0.1, -0.05) is 55.5 Å². The highest BCUT2D eigenvalue weighted by Crippen LogP contribution is 2.32. The topological polar surface area (TPSA) is 28.2 Å². The van der Waals surface area contributed by atoms with Crippen molar-refractivity contribution < 1.29 is 0 Å². The second-order valence-electron chi connectivity index (χ2n) is 5.31. The summed E-state index contributed by atoms with van der Waals surface area (Å²) in [7, 11) is 0. The third kappa shape index (κ3) is 4.32. The van der Waals surface area contributed by atoms with E-state index in [1.165, 1.54) is 19.3 Å². The first kappa shape index (κ1) is 16.0. The predicted octanol–water partition coefficient (Wildman–Crippen LogP) is 3.92. The molecule has 0 radical (unpaired) electrons. The maximum atomic E-state index is 6.32. The van der Waals surface area contributed by atoms with Crippen LogP contribution in [0, 0.1) is 0 Å². The minimum atomic E-state index is 0.362. The Balaban J connectivity index is 2.15. The van der Waals surface area contributed by atoms with Crippen LogP contribution in [0.1, 0.15) is 44.2 Å². The molecule has 1 aliphatic heterocycles. The van der Waals surface area contributed by atoms with Crippen molar-refractivity contribution in [3.05, 3.63) is 28.0 Å². The average Bonchev–Trinajstić information content (AvgIpc) is 2.46. The maximum absolute atomic E-state index is 6.32. The summed E-state index contributed by atoms with van der Waals surface area (Å²) in [6.07, 6.45) is 4.86. The van der Waals surface area contributed by atoms with Gasteiger partial charge in [-0.3, -0.25) is 4.90 Å². The number of nitrogens with one attached hydrogen (secondary N) is 1. The van der Waals surface area contributed by atoms with Gasteiger partial charge in [-0.25, -0.2) is 4.98 Å². The molecule has 1 N–H and O–H groups in total. The van der Waals surface area contributed by atoms with E-state index in [1.807, 2.05) is 12.1 Å². The van der Waals surface area contributed by atoms with Crippen LogP contribution in [0.15, 0.2) is 12.1 Å². The highest BCUT2D eigenvalue weighted by molar-refractivity contribution is 6.32. The van der Waals surface area contributed by atoms with E-state index in [2.05, 4.69) is 22.1 Å². The van der Waals surface area contributed by atoms with Gasteiger partial charge in [-0.2, -0.15) is 0 Å². The summed E-state index contributed by atoms with van der Waals surface area (Å²) in [4.78, 5) is 6.72. The molecule has 1 atom stereocenters. The Labute approximate surface area is 131 Å². The number of rotatable bonds is 6. The van der Waals surface area contributed by atoms with Crippen molar-refractivity contribution in [2.75, 3.05) is 26.2 Å². The molecular formula is C15H23Cl2N3. The normalized spacial score (nSPS) is 18.1. The molecule has 0 aromatic carbocycles. The highest BCUT2D eigenvalue weighted by atomic mass is 35.5. The van der Waals surface area contributed by atoms with Crippen molar-refractivity contribution in [3.8, 4) is 0 Å². The van der Waals surface area contributed by atoms with Gasteiger partial charge in [0, 0.05) is 37.8 Å². The lowest BCUT2D eigenvalue weighted by atomic mass is 9.99. The van der Waals surface area contributed by atoms with Gasteiger partial charge in [-0.05, 0) is 12.5 Å². The molecule has 0 bridgehead atoms. The van der Waals surface area contributed by atoms with Crippen molar-refractivity contribution in [2.24, 2.45) is 0 Å². The smallest absolute Gasteiger partial charge is 0.135 e. The fourth-order valence-corrected chi connectivity index (χ4v) is 3.26. The zero-order chi connectivity index (χ0) is 14.4. The SMILES string of the molecule is CCCCC[C@@H](c1ccc(Cl)nc1Cl)N1CCNCC1. The van der Waals surface area contributed by atoms with Crippen molar-refractivity contribution >= 4 is 23.2 Å². The van der Waals surface area contributed by atoms with Crippen LogP contribution in [0.25, 0.3) is 0 Å². The number of hydrogen-bond donors (Lipinski definition) is 1. The fraction of sp³-hybridized carbons (Fsp3) is 0.667. The number of aromatic nitrogens is 1. The average molecular weight is 316 g/mol. The maximum Gasteiger partial charge on any atom is 0.135 e. The van der Waals surface area contributed by atoms with Crippen LogP contribution < -0.4 is 5.32 Å². The lowest BCUT2D eigenvalue weighted by Gasteiger charge is -2.35. The molecule has 0 amide bonds. The summed E-state index contributed by atoms with van der Waals surface area (Å²) in [5, 5.41) is 4.42. The molecule has 0 spiro atoms. The molecule has 1 fully saturated rings. The number of hydrogen-bond acceptors (Lipinski definition) is 3. The largest absolute Gasteiger partial charge is 0.314 e. The van der Waals surface area contributed by atoms with E-state index in [1.54, 1.807) is 0 Å². The summed E-state index contributed by atoms with van der Waals surface area (Å²) in [5.41, 5.74) is 1.12. The minimum absolute atomic E-state index is 0.362. The van der Waals surface area contributed by atoms with Crippen LogP contribution in [0.5, 0.6) is 0 Å². The molecule has 1 aromatic heterocycles. The molecule has 1 saturated heterocycles. The first-order chi connectivity index (χ1) is 9.72. The van der Waals surface area contributed by atoms with Gasteiger partial charge in [0.15, 0.2) is 0 Å². The van der Waals surface area contributed by atoms with Gasteiger partial charge >= 0.3 is 0 Å². The standard InChI is InChI=1S/C15H23Cl2N3/c1-2-3-4-5-13(20-10-8-18-9-11-20)12-6-7-14(16)19-15(12)17/h6-7,13,18H,2-5,8-11H2,1H3/t13-/m0/s1. The molecule has 1 aliphatic rings. The molecular weight excluding hydrogens is 293 g/mol. The van der Waals surface area contributed by atoms with Gasteiger partial charge in [0.2, 0.25) is 0 Å². The second kappa shape index (κ2) is 8.18. The lowest BCUT2D eigenvalue weighted by Crippen LogP contribution is -2.45. The van der Waals surface area contributed by atoms with Gasteiger partial charge in [0.05, 0.1) is 0 Å². The van der Waals surface area contributed by atoms with Crippen molar-refractivity contribution in [1.29, 1.82) is 0 Å². The molecule has 112 valence electrons. The Hall–Kier alpha value is -0.350. The Morgan fingerprint density at radius 3 is 2.65 bits per heavy atom. The summed E-state index contributed by atoms with van der Waals surface area (Å²) in [6, 6.07) is 4.24. The molecule has 0 aliphatic carbocycles. The zero-order valence-corrected chi connectivity index (χ0v) is 13.6. The first-order valence-electron chi connectivity index (χ1n) is 7.49. The number of nitrogens with zero attached hydrogens (tertiary/aromatic N) is 2. The van der Waals surface area contributed by atoms with Crippen LogP contribution in [-0.2, 0) is 0 Å². The van der Waals surface area contributed by atoms with Gasteiger partial charge in [-0.15, -0.1) is 0 Å². The van der Waals surface area contributed by atoms with Gasteiger partial charge < -0.3 is 5.32 Å². The first-order valence-corrected chi connectivity index (χ1v) is 8.24. The Morgan fingerprint density at radius 1 is 1.25 bits per heavy atom. The molecule has 3 nitrogen and oxygen atoms in total. The van der Waals surface area contributed by atoms with Crippen molar-refractivity contribution in [2.45, 2.75) is 38.6 Å². The van der Waals surface area contributed by atoms with Gasteiger partial charge in [0.25, 0.3) is 0 Å². The molecule has 20 heavy (non-hydrogen) atoms. The summed E-state index contributed by atoms with van der Waals surface area (Å²) in [5.74, 6) is 0. The summed E-state index contributed by atoms with van der Waals surface area (Å²) < 4.78 is 0. The third-order valence-electron chi connectivity index (χ3n) is 3.88. The predicted molar refractivity (Wildman–Crippen MR) is 85.6 cm³/mol. The highest BCUT2D eigenvalue weighted by Gasteiger charge is 2.24. The lowest BCUT2D eigenvalue weighted by molar-refractivity contribution is 0.162. The minimum Gasteiger partial charge on any atom is -0.314 e. The quantitative estimate of drug-likeness (QED) is 0.637. The van der Waals surface area contributed by atoms with E-state index in [4.69, 9.17) is 23.2 Å². The number of pyridine rings is 1. The zero-order valence-electron chi connectivity index (χ0n) is 12.0. The van der Waals surface area contributed by atoms with Crippen LogP contribution in [0.2, 0.25) is 10.3 Å². The number of unbranched alkanes of at least 4 members (excludes halogenated alkanes) is 2. The van der Waals surface area contributed by atoms with E-state index in [0.29, 0.717) is 16.3 Å². The molecule has 1 aromatic rings. The summed E-state index contributed by atoms with van der Waals surface area (Å²) >= 11 is 12.2. The second-order valence-corrected chi connectivity index (χ2v) is 6.06. The monoisotopic (exact) mass is 315 g/mol. The number of piperazine rings is 1. The van der Waals surface area contributed by atoms with Crippen LogP contribution >= 0.6 is 23.2 Å². The fourth-order valence-electron chi connectivity index (χ4n) is 2.79. The van der Waals surface area contributed by atoms with Crippen LogP contribution in [0.4, 0.5) is 0 Å². The van der Waals surface area contributed by atoms with E-state index in [9.17, 15) is 0 Å². The molecule has 0 unspecified atom stereocenters. The molecule has 5 heteroatoms.